The van der Waals surface area contributed by atoms with E-state index in [-0.39, 0.29) is 30.1 Å². The summed E-state index contributed by atoms with van der Waals surface area (Å²) in [6.07, 6.45) is 0.863. The fraction of sp³-hybridized carbons (Fsp3) is 0.609. The number of nitrogens with one attached hydrogen (secondary N) is 3. The molecule has 1 aliphatic rings. The minimum absolute atomic E-state index is 0.00518. The van der Waals surface area contributed by atoms with Gasteiger partial charge >= 0.3 is 18.3 Å². The van der Waals surface area contributed by atoms with E-state index in [0.717, 1.165) is 24.8 Å². The van der Waals surface area contributed by atoms with E-state index in [9.17, 15) is 14.4 Å². The number of alkyl carbamates (subject to hydrolysis) is 3. The molecule has 0 radical (unpaired) electrons. The lowest BCUT2D eigenvalue weighted by Gasteiger charge is -2.46. The van der Waals surface area contributed by atoms with Crippen LogP contribution in [0.25, 0.3) is 0 Å². The van der Waals surface area contributed by atoms with E-state index in [1.807, 2.05) is 30.3 Å². The van der Waals surface area contributed by atoms with Crippen LogP contribution in [0.1, 0.15) is 45.6 Å². The monoisotopic (exact) mass is 449 g/mol. The third-order valence-electron chi connectivity index (χ3n) is 5.44. The minimum Gasteiger partial charge on any atom is -0.453 e. The molecule has 1 aromatic carbocycles. The lowest BCUT2D eigenvalue weighted by atomic mass is 9.62. The van der Waals surface area contributed by atoms with Crippen molar-refractivity contribution in [1.82, 2.24) is 16.0 Å². The highest BCUT2D eigenvalue weighted by Gasteiger charge is 2.42. The number of methoxy groups -OCH3 is 1. The molecule has 0 bridgehead atoms. The first-order chi connectivity index (χ1) is 15.1. The molecule has 3 amide bonds. The van der Waals surface area contributed by atoms with Gasteiger partial charge < -0.3 is 30.2 Å². The van der Waals surface area contributed by atoms with Crippen molar-refractivity contribution in [2.24, 2.45) is 10.8 Å². The number of rotatable bonds is 8. The molecule has 0 saturated heterocycles. The number of benzene rings is 1. The number of carbonyl (C=O) groups is 3. The van der Waals surface area contributed by atoms with Gasteiger partial charge in [0.05, 0.1) is 7.11 Å². The number of hydrogen-bond acceptors (Lipinski definition) is 6. The van der Waals surface area contributed by atoms with Gasteiger partial charge in [-0.2, -0.15) is 0 Å². The van der Waals surface area contributed by atoms with Gasteiger partial charge in [0.15, 0.2) is 0 Å². The van der Waals surface area contributed by atoms with Crippen molar-refractivity contribution in [3.05, 3.63) is 35.9 Å². The van der Waals surface area contributed by atoms with E-state index in [2.05, 4.69) is 36.7 Å². The smallest absolute Gasteiger partial charge is 0.407 e. The summed E-state index contributed by atoms with van der Waals surface area (Å²) >= 11 is 0. The summed E-state index contributed by atoms with van der Waals surface area (Å²) in [6, 6.07) is 9.44. The Morgan fingerprint density at radius 3 is 2.19 bits per heavy atom. The van der Waals surface area contributed by atoms with Crippen LogP contribution in [0.4, 0.5) is 14.4 Å². The van der Waals surface area contributed by atoms with Gasteiger partial charge in [-0.1, -0.05) is 51.1 Å². The SMILES string of the molecule is COC(=O)NC1CC(C)(C)CC(C)(CNC(=O)OCCOC(=O)NCc2ccccc2)C1. The van der Waals surface area contributed by atoms with Crippen molar-refractivity contribution >= 4 is 18.3 Å². The standard InChI is InChI=1S/C23H35N3O6/c1-22(2)12-18(26-21(29)30-4)13-23(3,15-22)16-25-20(28)32-11-10-31-19(27)24-14-17-8-6-5-7-9-17/h5-9,18H,10-16H2,1-4H3,(H,24,27)(H,25,28)(H,26,29). The zero-order valence-corrected chi connectivity index (χ0v) is 19.4. The van der Waals surface area contributed by atoms with E-state index in [0.29, 0.717) is 13.1 Å². The molecule has 1 fully saturated rings. The first-order valence-electron chi connectivity index (χ1n) is 10.8. The summed E-state index contributed by atoms with van der Waals surface area (Å²) in [5, 5.41) is 8.31. The molecular formula is C23H35N3O6. The van der Waals surface area contributed by atoms with Crippen LogP contribution in [0, 0.1) is 10.8 Å². The number of amides is 3. The Bertz CT molecular complexity index is 770. The molecule has 178 valence electrons. The molecule has 2 rings (SSSR count). The summed E-state index contributed by atoms with van der Waals surface area (Å²) in [7, 11) is 1.34. The highest BCUT2D eigenvalue weighted by molar-refractivity contribution is 5.68. The van der Waals surface area contributed by atoms with Gasteiger partial charge in [-0.3, -0.25) is 0 Å². The van der Waals surface area contributed by atoms with Gasteiger partial charge in [0.1, 0.15) is 13.2 Å². The molecule has 0 heterocycles. The highest BCUT2D eigenvalue weighted by atomic mass is 16.6. The van der Waals surface area contributed by atoms with Crippen molar-refractivity contribution in [3.63, 3.8) is 0 Å². The van der Waals surface area contributed by atoms with Crippen LogP contribution in [-0.4, -0.2) is 51.2 Å². The molecule has 9 nitrogen and oxygen atoms in total. The zero-order valence-electron chi connectivity index (χ0n) is 19.4. The molecule has 0 spiro atoms. The van der Waals surface area contributed by atoms with Crippen molar-refractivity contribution < 1.29 is 28.6 Å². The maximum atomic E-state index is 12.1. The van der Waals surface area contributed by atoms with E-state index < -0.39 is 18.3 Å². The van der Waals surface area contributed by atoms with Gasteiger partial charge in [0.25, 0.3) is 0 Å². The molecule has 0 aromatic heterocycles. The molecule has 0 aliphatic heterocycles. The largest absolute Gasteiger partial charge is 0.453 e. The third-order valence-corrected chi connectivity index (χ3v) is 5.44. The van der Waals surface area contributed by atoms with E-state index in [4.69, 9.17) is 14.2 Å². The first kappa shape index (κ1) is 25.3. The predicted octanol–water partition coefficient (Wildman–Crippen LogP) is 3.58. The van der Waals surface area contributed by atoms with Crippen LogP contribution in [0.15, 0.2) is 30.3 Å². The molecule has 2 unspecified atom stereocenters. The summed E-state index contributed by atoms with van der Waals surface area (Å²) in [4.78, 5) is 35.4. The van der Waals surface area contributed by atoms with Crippen molar-refractivity contribution in [3.8, 4) is 0 Å². The van der Waals surface area contributed by atoms with Gasteiger partial charge in [0, 0.05) is 19.1 Å². The number of hydrogen-bond donors (Lipinski definition) is 3. The lowest BCUT2D eigenvalue weighted by molar-refractivity contribution is 0.0618. The van der Waals surface area contributed by atoms with Gasteiger partial charge in [-0.15, -0.1) is 0 Å². The van der Waals surface area contributed by atoms with Crippen LogP contribution in [0.2, 0.25) is 0 Å². The molecule has 9 heteroatoms. The highest BCUT2D eigenvalue weighted by Crippen LogP contribution is 2.45. The van der Waals surface area contributed by atoms with Crippen LogP contribution >= 0.6 is 0 Å². The second kappa shape index (κ2) is 11.6. The van der Waals surface area contributed by atoms with Crippen LogP contribution in [0.5, 0.6) is 0 Å². The average Bonchev–Trinajstić information content (AvgIpc) is 2.73. The second-order valence-electron chi connectivity index (χ2n) is 9.36. The first-order valence-corrected chi connectivity index (χ1v) is 10.8. The summed E-state index contributed by atoms with van der Waals surface area (Å²) in [5.74, 6) is 0. The van der Waals surface area contributed by atoms with Crippen molar-refractivity contribution in [1.29, 1.82) is 0 Å². The number of carbonyl (C=O) groups excluding carboxylic acids is 3. The minimum atomic E-state index is -0.570. The van der Waals surface area contributed by atoms with Gasteiger partial charge in [-0.25, -0.2) is 14.4 Å². The van der Waals surface area contributed by atoms with Crippen LogP contribution in [0.3, 0.4) is 0 Å². The Morgan fingerprint density at radius 2 is 1.56 bits per heavy atom. The fourth-order valence-corrected chi connectivity index (χ4v) is 4.52. The molecule has 32 heavy (non-hydrogen) atoms. The molecule has 3 N–H and O–H groups in total. The topological polar surface area (TPSA) is 115 Å². The average molecular weight is 450 g/mol. The maximum Gasteiger partial charge on any atom is 0.407 e. The normalized spacial score (nSPS) is 21.7. The Hall–Kier alpha value is -2.97. The summed E-state index contributed by atoms with van der Waals surface area (Å²) in [5.41, 5.74) is 0.759. The van der Waals surface area contributed by atoms with Crippen molar-refractivity contribution in [2.45, 2.75) is 52.6 Å². The van der Waals surface area contributed by atoms with E-state index in [1.165, 1.54) is 7.11 Å². The third kappa shape index (κ3) is 9.03. The zero-order chi connectivity index (χ0) is 23.6. The van der Waals surface area contributed by atoms with Gasteiger partial charge in [-0.05, 0) is 35.7 Å². The molecule has 1 aromatic rings. The Balaban J connectivity index is 1.66. The second-order valence-corrected chi connectivity index (χ2v) is 9.36. The van der Waals surface area contributed by atoms with Crippen molar-refractivity contribution in [2.75, 3.05) is 26.9 Å². The van der Waals surface area contributed by atoms with Gasteiger partial charge in [0.2, 0.25) is 0 Å². The summed E-state index contributed by atoms with van der Waals surface area (Å²) in [6.45, 7) is 7.07. The Kier molecular flexibility index (Phi) is 9.16. The quantitative estimate of drug-likeness (QED) is 0.413. The molecule has 1 aliphatic carbocycles. The van der Waals surface area contributed by atoms with E-state index in [1.54, 1.807) is 0 Å². The summed E-state index contributed by atoms with van der Waals surface area (Å²) < 4.78 is 14.8. The fourth-order valence-electron chi connectivity index (χ4n) is 4.52. The lowest BCUT2D eigenvalue weighted by Crippen LogP contribution is -2.50. The van der Waals surface area contributed by atoms with E-state index >= 15 is 0 Å². The number of ether oxygens (including phenoxy) is 3. The maximum absolute atomic E-state index is 12.1. The van der Waals surface area contributed by atoms with Crippen LogP contribution < -0.4 is 16.0 Å². The molecule has 2 atom stereocenters. The predicted molar refractivity (Wildman–Crippen MR) is 119 cm³/mol. The van der Waals surface area contributed by atoms with Crippen LogP contribution in [-0.2, 0) is 20.8 Å². The molecular weight excluding hydrogens is 414 g/mol. The Morgan fingerprint density at radius 1 is 0.938 bits per heavy atom. The Labute approximate surface area is 189 Å². The molecule has 1 saturated carbocycles.